The van der Waals surface area contributed by atoms with E-state index in [9.17, 15) is 18.4 Å². The zero-order valence-corrected chi connectivity index (χ0v) is 14.1. The molecule has 2 heterocycles. The van der Waals surface area contributed by atoms with Crippen molar-refractivity contribution in [3.63, 3.8) is 0 Å². The van der Waals surface area contributed by atoms with E-state index in [0.29, 0.717) is 30.7 Å². The van der Waals surface area contributed by atoms with Crippen LogP contribution < -0.4 is 5.32 Å². The first-order chi connectivity index (χ1) is 11.2. The molecule has 0 aliphatic carbocycles. The van der Waals surface area contributed by atoms with Gasteiger partial charge in [-0.2, -0.15) is 8.78 Å². The lowest BCUT2D eigenvalue weighted by molar-refractivity contribution is -0.140. The first-order valence-electron chi connectivity index (χ1n) is 7.82. The molecule has 3 amide bonds. The lowest BCUT2D eigenvalue weighted by atomic mass is 9.94. The van der Waals surface area contributed by atoms with Gasteiger partial charge in [0.1, 0.15) is 5.82 Å². The third-order valence-corrected chi connectivity index (χ3v) is 3.85. The maximum atomic E-state index is 12.7. The van der Waals surface area contributed by atoms with Crippen molar-refractivity contribution in [3.8, 4) is 0 Å². The SMILES string of the molecule is CC(C)(C)C(=O)N1CCN(C(=O)NCc2nccn2C(F)F)CC1. The van der Waals surface area contributed by atoms with Crippen molar-refractivity contribution >= 4 is 11.9 Å². The number of amides is 3. The third kappa shape index (κ3) is 4.21. The largest absolute Gasteiger partial charge is 0.339 e. The summed E-state index contributed by atoms with van der Waals surface area (Å²) >= 11 is 0. The van der Waals surface area contributed by atoms with E-state index >= 15 is 0 Å². The molecule has 7 nitrogen and oxygen atoms in total. The van der Waals surface area contributed by atoms with Crippen LogP contribution in [0.3, 0.4) is 0 Å². The van der Waals surface area contributed by atoms with E-state index in [2.05, 4.69) is 10.3 Å². The molecule has 1 aromatic rings. The van der Waals surface area contributed by atoms with Crippen molar-refractivity contribution in [2.24, 2.45) is 5.41 Å². The molecule has 0 bridgehead atoms. The van der Waals surface area contributed by atoms with E-state index in [-0.39, 0.29) is 24.3 Å². The van der Waals surface area contributed by atoms with Gasteiger partial charge in [0.2, 0.25) is 5.91 Å². The molecular weight excluding hydrogens is 320 g/mol. The summed E-state index contributed by atoms with van der Waals surface area (Å²) in [4.78, 5) is 31.5. The zero-order chi connectivity index (χ0) is 17.9. The highest BCUT2D eigenvalue weighted by molar-refractivity contribution is 5.82. The van der Waals surface area contributed by atoms with Gasteiger partial charge in [0.25, 0.3) is 0 Å². The van der Waals surface area contributed by atoms with E-state index in [1.807, 2.05) is 20.8 Å². The number of piperazine rings is 1. The highest BCUT2D eigenvalue weighted by Crippen LogP contribution is 2.18. The maximum absolute atomic E-state index is 12.7. The summed E-state index contributed by atoms with van der Waals surface area (Å²) in [5, 5.41) is 2.59. The van der Waals surface area contributed by atoms with Crippen LogP contribution in [-0.2, 0) is 11.3 Å². The van der Waals surface area contributed by atoms with Gasteiger partial charge in [0.15, 0.2) is 0 Å². The number of carbonyl (C=O) groups excluding carboxylic acids is 2. The van der Waals surface area contributed by atoms with Gasteiger partial charge in [0, 0.05) is 44.0 Å². The average molecular weight is 343 g/mol. The Bertz CT molecular complexity index is 589. The molecule has 1 saturated heterocycles. The lowest BCUT2D eigenvalue weighted by Gasteiger charge is -2.37. The van der Waals surface area contributed by atoms with Crippen molar-refractivity contribution in [3.05, 3.63) is 18.2 Å². The van der Waals surface area contributed by atoms with Crippen LogP contribution in [0.5, 0.6) is 0 Å². The molecule has 9 heteroatoms. The molecule has 0 spiro atoms. The molecular formula is C15H23F2N5O2. The van der Waals surface area contributed by atoms with Crippen LogP contribution in [0.15, 0.2) is 12.4 Å². The number of nitrogens with one attached hydrogen (secondary N) is 1. The van der Waals surface area contributed by atoms with Gasteiger partial charge < -0.3 is 15.1 Å². The summed E-state index contributed by atoms with van der Waals surface area (Å²) in [5.41, 5.74) is -0.448. The molecule has 24 heavy (non-hydrogen) atoms. The van der Waals surface area contributed by atoms with E-state index in [1.54, 1.807) is 9.80 Å². The van der Waals surface area contributed by atoms with Gasteiger partial charge in [-0.25, -0.2) is 9.78 Å². The van der Waals surface area contributed by atoms with Gasteiger partial charge in [-0.05, 0) is 0 Å². The topological polar surface area (TPSA) is 70.5 Å². The molecule has 0 unspecified atom stereocenters. The number of hydrogen-bond acceptors (Lipinski definition) is 3. The summed E-state index contributed by atoms with van der Waals surface area (Å²) in [6.45, 7) is 4.58. The van der Waals surface area contributed by atoms with Crippen molar-refractivity contribution in [1.29, 1.82) is 0 Å². The molecule has 1 aliphatic rings. The number of rotatable bonds is 3. The number of nitrogens with zero attached hydrogens (tertiary/aromatic N) is 4. The first kappa shape index (κ1) is 18.2. The quantitative estimate of drug-likeness (QED) is 0.908. The number of imidazole rings is 1. The molecule has 1 aromatic heterocycles. The number of hydrogen-bond donors (Lipinski definition) is 1. The van der Waals surface area contributed by atoms with E-state index in [1.165, 1.54) is 12.4 Å². The summed E-state index contributed by atoms with van der Waals surface area (Å²) < 4.78 is 26.1. The van der Waals surface area contributed by atoms with Crippen LogP contribution in [0.25, 0.3) is 0 Å². The van der Waals surface area contributed by atoms with Crippen LogP contribution >= 0.6 is 0 Å². The number of aromatic nitrogens is 2. The smallest absolute Gasteiger partial charge is 0.319 e. The summed E-state index contributed by atoms with van der Waals surface area (Å²) in [7, 11) is 0. The molecule has 0 aromatic carbocycles. The summed E-state index contributed by atoms with van der Waals surface area (Å²) in [6, 6.07) is -0.346. The van der Waals surface area contributed by atoms with Crippen LogP contribution in [0.1, 0.15) is 33.1 Å². The molecule has 1 fully saturated rings. The minimum atomic E-state index is -2.69. The minimum absolute atomic E-state index is 0.0570. The highest BCUT2D eigenvalue weighted by atomic mass is 19.3. The Balaban J connectivity index is 1.83. The van der Waals surface area contributed by atoms with Crippen molar-refractivity contribution in [1.82, 2.24) is 24.7 Å². The van der Waals surface area contributed by atoms with E-state index in [4.69, 9.17) is 0 Å². The van der Waals surface area contributed by atoms with Gasteiger partial charge in [-0.3, -0.25) is 9.36 Å². The van der Waals surface area contributed by atoms with Crippen LogP contribution in [-0.4, -0.2) is 57.5 Å². The fourth-order valence-electron chi connectivity index (χ4n) is 2.51. The van der Waals surface area contributed by atoms with Crippen LogP contribution in [0, 0.1) is 5.41 Å². The second kappa shape index (κ2) is 7.14. The standard InChI is InChI=1S/C15H23F2N5O2/c1-15(2,3)12(23)20-6-8-21(9-7-20)14(24)19-10-11-18-4-5-22(11)13(16)17/h4-5,13H,6-10H2,1-3H3,(H,19,24). The number of urea groups is 1. The number of halogens is 2. The molecule has 2 rings (SSSR count). The molecule has 1 N–H and O–H groups in total. The third-order valence-electron chi connectivity index (χ3n) is 3.85. The van der Waals surface area contributed by atoms with Gasteiger partial charge in [-0.15, -0.1) is 0 Å². The van der Waals surface area contributed by atoms with Crippen molar-refractivity contribution < 1.29 is 18.4 Å². The highest BCUT2D eigenvalue weighted by Gasteiger charge is 2.30. The predicted molar refractivity (Wildman–Crippen MR) is 83.3 cm³/mol. The Morgan fingerprint density at radius 2 is 1.79 bits per heavy atom. The summed E-state index contributed by atoms with van der Waals surface area (Å²) in [6.07, 6.45) is 2.44. The van der Waals surface area contributed by atoms with Gasteiger partial charge in [-0.1, -0.05) is 20.8 Å². The average Bonchev–Trinajstić information content (AvgIpc) is 3.00. The number of alkyl halides is 2. The van der Waals surface area contributed by atoms with Crippen molar-refractivity contribution in [2.75, 3.05) is 26.2 Å². The molecule has 0 saturated carbocycles. The first-order valence-corrected chi connectivity index (χ1v) is 7.82. The minimum Gasteiger partial charge on any atom is -0.339 e. The second-order valence-electron chi connectivity index (χ2n) is 6.72. The van der Waals surface area contributed by atoms with Crippen LogP contribution in [0.2, 0.25) is 0 Å². The maximum Gasteiger partial charge on any atom is 0.319 e. The van der Waals surface area contributed by atoms with E-state index < -0.39 is 12.0 Å². The van der Waals surface area contributed by atoms with Crippen molar-refractivity contribution in [2.45, 2.75) is 33.9 Å². The Labute approximate surface area is 139 Å². The fraction of sp³-hybridized carbons (Fsp3) is 0.667. The van der Waals surface area contributed by atoms with Gasteiger partial charge >= 0.3 is 12.6 Å². The Morgan fingerprint density at radius 3 is 2.33 bits per heavy atom. The Hall–Kier alpha value is -2.19. The zero-order valence-electron chi connectivity index (χ0n) is 14.1. The monoisotopic (exact) mass is 343 g/mol. The van der Waals surface area contributed by atoms with E-state index in [0.717, 1.165) is 0 Å². The van der Waals surface area contributed by atoms with Crippen LogP contribution in [0.4, 0.5) is 13.6 Å². The fourth-order valence-corrected chi connectivity index (χ4v) is 2.51. The normalized spacial score (nSPS) is 15.8. The lowest BCUT2D eigenvalue weighted by Crippen LogP contribution is -2.54. The van der Waals surface area contributed by atoms with Gasteiger partial charge in [0.05, 0.1) is 6.54 Å². The molecule has 1 aliphatic heterocycles. The molecule has 0 radical (unpaired) electrons. The predicted octanol–water partition coefficient (Wildman–Crippen LogP) is 1.68. The molecule has 0 atom stereocenters. The second-order valence-corrected chi connectivity index (χ2v) is 6.72. The summed E-state index contributed by atoms with van der Waals surface area (Å²) in [5.74, 6) is 0.154. The number of carbonyl (C=O) groups is 2. The molecule has 134 valence electrons. The Kier molecular flexibility index (Phi) is 5.40. The Morgan fingerprint density at radius 1 is 1.21 bits per heavy atom.